The van der Waals surface area contributed by atoms with Crippen LogP contribution >= 0.6 is 11.6 Å². The Labute approximate surface area is 130 Å². The molecule has 0 atom stereocenters. The third-order valence-electron chi connectivity index (χ3n) is 3.37. The topological polar surface area (TPSA) is 3.24 Å². The Morgan fingerprint density at radius 2 is 1.38 bits per heavy atom. The number of anilines is 3. The average Bonchev–Trinajstić information content (AvgIpc) is 2.51. The first-order valence-electron chi connectivity index (χ1n) is 6.92. The predicted octanol–water partition coefficient (Wildman–Crippen LogP) is 6.12. The molecule has 2 heteroatoms. The van der Waals surface area contributed by atoms with Gasteiger partial charge >= 0.3 is 0 Å². The molecular formula is C19H16ClN. The first-order valence-corrected chi connectivity index (χ1v) is 7.30. The maximum Gasteiger partial charge on any atom is 0.0647 e. The Kier molecular flexibility index (Phi) is 3.94. The van der Waals surface area contributed by atoms with E-state index in [-0.39, 0.29) is 0 Å². The standard InChI is InChI=1S/C19H16ClN/c1-15-8-7-11-17(14-15)21(16-9-3-2-4-10-16)19-13-6-5-12-18(19)20/h2-14H,1H3. The Morgan fingerprint density at radius 1 is 0.714 bits per heavy atom. The Hall–Kier alpha value is -2.25. The Bertz CT molecular complexity index is 737. The lowest BCUT2D eigenvalue weighted by molar-refractivity contribution is 1.27. The summed E-state index contributed by atoms with van der Waals surface area (Å²) in [6, 6.07) is 26.6. The maximum absolute atomic E-state index is 6.42. The van der Waals surface area contributed by atoms with E-state index in [1.54, 1.807) is 0 Å². The molecule has 0 radical (unpaired) electrons. The van der Waals surface area contributed by atoms with Crippen molar-refractivity contribution in [3.63, 3.8) is 0 Å². The molecule has 0 aliphatic rings. The highest BCUT2D eigenvalue weighted by Crippen LogP contribution is 2.38. The minimum atomic E-state index is 0.739. The molecule has 3 aromatic rings. The van der Waals surface area contributed by atoms with Crippen LogP contribution in [-0.2, 0) is 0 Å². The summed E-state index contributed by atoms with van der Waals surface area (Å²) < 4.78 is 0. The SMILES string of the molecule is Cc1cccc(N(c2ccccc2)c2ccccc2Cl)c1. The van der Waals surface area contributed by atoms with Gasteiger partial charge in [0.25, 0.3) is 0 Å². The third-order valence-corrected chi connectivity index (χ3v) is 3.69. The van der Waals surface area contributed by atoms with Crippen molar-refractivity contribution in [1.82, 2.24) is 0 Å². The number of halogens is 1. The lowest BCUT2D eigenvalue weighted by Gasteiger charge is -2.26. The van der Waals surface area contributed by atoms with Crippen LogP contribution in [0.1, 0.15) is 5.56 Å². The molecule has 0 amide bonds. The average molecular weight is 294 g/mol. The predicted molar refractivity (Wildman–Crippen MR) is 90.9 cm³/mol. The molecule has 0 N–H and O–H groups in total. The van der Waals surface area contributed by atoms with Crippen molar-refractivity contribution in [2.24, 2.45) is 0 Å². The van der Waals surface area contributed by atoms with E-state index in [4.69, 9.17) is 11.6 Å². The molecular weight excluding hydrogens is 278 g/mol. The molecule has 0 spiro atoms. The molecule has 3 aromatic carbocycles. The Morgan fingerprint density at radius 3 is 2.10 bits per heavy atom. The van der Waals surface area contributed by atoms with Crippen LogP contribution in [0.25, 0.3) is 0 Å². The molecule has 0 heterocycles. The summed E-state index contributed by atoms with van der Waals surface area (Å²) in [6.07, 6.45) is 0. The van der Waals surface area contributed by atoms with Gasteiger partial charge in [-0.15, -0.1) is 0 Å². The summed E-state index contributed by atoms with van der Waals surface area (Å²) in [5, 5.41) is 0.739. The van der Waals surface area contributed by atoms with Gasteiger partial charge in [-0.1, -0.05) is 54.1 Å². The van der Waals surface area contributed by atoms with Gasteiger partial charge in [0.1, 0.15) is 0 Å². The molecule has 0 aromatic heterocycles. The second kappa shape index (κ2) is 6.02. The van der Waals surface area contributed by atoms with Crippen LogP contribution in [0, 0.1) is 6.92 Å². The lowest BCUT2D eigenvalue weighted by atomic mass is 10.1. The minimum absolute atomic E-state index is 0.739. The largest absolute Gasteiger partial charge is 0.309 e. The minimum Gasteiger partial charge on any atom is -0.309 e. The monoisotopic (exact) mass is 293 g/mol. The van der Waals surface area contributed by atoms with E-state index in [2.05, 4.69) is 48.2 Å². The highest BCUT2D eigenvalue weighted by molar-refractivity contribution is 6.33. The highest BCUT2D eigenvalue weighted by atomic mass is 35.5. The van der Waals surface area contributed by atoms with E-state index in [0.29, 0.717) is 0 Å². The van der Waals surface area contributed by atoms with Gasteiger partial charge < -0.3 is 4.90 Å². The van der Waals surface area contributed by atoms with Crippen molar-refractivity contribution in [3.8, 4) is 0 Å². The molecule has 1 nitrogen and oxygen atoms in total. The van der Waals surface area contributed by atoms with E-state index < -0.39 is 0 Å². The van der Waals surface area contributed by atoms with E-state index in [1.165, 1.54) is 5.56 Å². The fraction of sp³-hybridized carbons (Fsp3) is 0.0526. The molecule has 3 rings (SSSR count). The van der Waals surface area contributed by atoms with E-state index >= 15 is 0 Å². The van der Waals surface area contributed by atoms with Crippen molar-refractivity contribution in [2.75, 3.05) is 4.90 Å². The van der Waals surface area contributed by atoms with Crippen LogP contribution in [-0.4, -0.2) is 0 Å². The molecule has 0 aliphatic heterocycles. The van der Waals surface area contributed by atoms with Gasteiger partial charge in [-0.25, -0.2) is 0 Å². The highest BCUT2D eigenvalue weighted by Gasteiger charge is 2.14. The van der Waals surface area contributed by atoms with Crippen LogP contribution in [0.2, 0.25) is 5.02 Å². The lowest BCUT2D eigenvalue weighted by Crippen LogP contribution is -2.10. The second-order valence-electron chi connectivity index (χ2n) is 4.96. The number of hydrogen-bond donors (Lipinski definition) is 0. The van der Waals surface area contributed by atoms with Gasteiger partial charge in [0, 0.05) is 11.4 Å². The first-order chi connectivity index (χ1) is 10.3. The molecule has 104 valence electrons. The van der Waals surface area contributed by atoms with Gasteiger partial charge in [-0.05, 0) is 48.9 Å². The number of para-hydroxylation sites is 2. The molecule has 0 unspecified atom stereocenters. The van der Waals surface area contributed by atoms with Crippen molar-refractivity contribution in [1.29, 1.82) is 0 Å². The fourth-order valence-electron chi connectivity index (χ4n) is 2.40. The summed E-state index contributed by atoms with van der Waals surface area (Å²) in [5.74, 6) is 0. The van der Waals surface area contributed by atoms with Gasteiger partial charge in [0.05, 0.1) is 10.7 Å². The summed E-state index contributed by atoms with van der Waals surface area (Å²) in [7, 11) is 0. The first kappa shape index (κ1) is 13.7. The Balaban J connectivity index is 2.19. The van der Waals surface area contributed by atoms with E-state index in [1.807, 2.05) is 42.5 Å². The zero-order valence-corrected chi connectivity index (χ0v) is 12.6. The van der Waals surface area contributed by atoms with Crippen LogP contribution < -0.4 is 4.90 Å². The smallest absolute Gasteiger partial charge is 0.0647 e. The molecule has 0 saturated heterocycles. The molecule has 21 heavy (non-hydrogen) atoms. The number of hydrogen-bond acceptors (Lipinski definition) is 1. The summed E-state index contributed by atoms with van der Waals surface area (Å²) in [4.78, 5) is 2.18. The number of rotatable bonds is 3. The summed E-state index contributed by atoms with van der Waals surface area (Å²) in [6.45, 7) is 2.10. The number of nitrogens with zero attached hydrogens (tertiary/aromatic N) is 1. The number of aryl methyl sites for hydroxylation is 1. The summed E-state index contributed by atoms with van der Waals surface area (Å²) in [5.41, 5.74) is 4.40. The van der Waals surface area contributed by atoms with E-state index in [9.17, 15) is 0 Å². The van der Waals surface area contributed by atoms with E-state index in [0.717, 1.165) is 22.1 Å². The molecule has 0 bridgehead atoms. The maximum atomic E-state index is 6.42. The zero-order valence-electron chi connectivity index (χ0n) is 11.8. The molecule has 0 aliphatic carbocycles. The van der Waals surface area contributed by atoms with Gasteiger partial charge in [0.15, 0.2) is 0 Å². The van der Waals surface area contributed by atoms with Crippen LogP contribution in [0.5, 0.6) is 0 Å². The fourth-order valence-corrected chi connectivity index (χ4v) is 2.62. The number of benzene rings is 3. The summed E-state index contributed by atoms with van der Waals surface area (Å²) >= 11 is 6.42. The van der Waals surface area contributed by atoms with Crippen molar-refractivity contribution < 1.29 is 0 Å². The molecule has 0 saturated carbocycles. The van der Waals surface area contributed by atoms with Crippen molar-refractivity contribution in [3.05, 3.63) is 89.4 Å². The van der Waals surface area contributed by atoms with Crippen LogP contribution in [0.3, 0.4) is 0 Å². The second-order valence-corrected chi connectivity index (χ2v) is 5.37. The normalized spacial score (nSPS) is 10.4. The van der Waals surface area contributed by atoms with Crippen molar-refractivity contribution >= 4 is 28.7 Å². The third kappa shape index (κ3) is 2.93. The molecule has 0 fully saturated rings. The van der Waals surface area contributed by atoms with Gasteiger partial charge in [-0.2, -0.15) is 0 Å². The quantitative estimate of drug-likeness (QED) is 0.562. The zero-order chi connectivity index (χ0) is 14.7. The van der Waals surface area contributed by atoms with Crippen molar-refractivity contribution in [2.45, 2.75) is 6.92 Å². The van der Waals surface area contributed by atoms with Gasteiger partial charge in [0.2, 0.25) is 0 Å². The van der Waals surface area contributed by atoms with Crippen LogP contribution in [0.15, 0.2) is 78.9 Å². The van der Waals surface area contributed by atoms with Crippen LogP contribution in [0.4, 0.5) is 17.1 Å². The van der Waals surface area contributed by atoms with Gasteiger partial charge in [-0.3, -0.25) is 0 Å².